The summed E-state index contributed by atoms with van der Waals surface area (Å²) in [5.74, 6) is -2.67. The van der Waals surface area contributed by atoms with Crippen LogP contribution in [0.15, 0.2) is 28.2 Å². The summed E-state index contributed by atoms with van der Waals surface area (Å²) in [4.78, 5) is 37.0. The van der Waals surface area contributed by atoms with Gasteiger partial charge in [0.2, 0.25) is 11.7 Å². The molecule has 9 N–H and O–H groups in total. The SMILES string of the molecule is CC1(C)CCOc2c(C(=O)NC3CN4C(N)=N[C@@H](CNC(=O)C5CCCCC5)C5N=C(N)NC54C3(O)O)cccc21. The number of hydrogen-bond acceptors (Lipinski definition) is 11. The van der Waals surface area contributed by atoms with Crippen LogP contribution in [0.3, 0.4) is 0 Å². The third-order valence-corrected chi connectivity index (χ3v) is 9.53. The number of nitrogens with one attached hydrogen (secondary N) is 3. The number of carbonyl (C=O) groups excluding carboxylic acids is 2. The Labute approximate surface area is 238 Å². The average molecular weight is 569 g/mol. The average Bonchev–Trinajstić information content (AvgIpc) is 3.41. The van der Waals surface area contributed by atoms with Crippen molar-refractivity contribution < 1.29 is 24.5 Å². The van der Waals surface area contributed by atoms with Crippen LogP contribution >= 0.6 is 0 Å². The highest BCUT2D eigenvalue weighted by molar-refractivity contribution is 5.98. The van der Waals surface area contributed by atoms with E-state index in [0.717, 1.165) is 44.1 Å². The smallest absolute Gasteiger partial charge is 0.255 e. The van der Waals surface area contributed by atoms with Crippen molar-refractivity contribution in [3.8, 4) is 5.75 Å². The molecule has 13 nitrogen and oxygen atoms in total. The molecule has 2 fully saturated rings. The molecule has 0 radical (unpaired) electrons. The first-order chi connectivity index (χ1) is 19.5. The first kappa shape index (κ1) is 27.6. The molecule has 4 atom stereocenters. The predicted octanol–water partition coefficient (Wildman–Crippen LogP) is -0.782. The Balaban J connectivity index is 1.25. The van der Waals surface area contributed by atoms with Crippen LogP contribution in [0.25, 0.3) is 0 Å². The molecular weight excluding hydrogens is 528 g/mol. The lowest BCUT2D eigenvalue weighted by Gasteiger charge is -2.49. The molecule has 3 unspecified atom stereocenters. The zero-order valence-electron chi connectivity index (χ0n) is 23.5. The molecule has 1 saturated carbocycles. The van der Waals surface area contributed by atoms with Crippen molar-refractivity contribution in [1.82, 2.24) is 20.9 Å². The second-order valence-corrected chi connectivity index (χ2v) is 12.5. The van der Waals surface area contributed by atoms with E-state index in [-0.39, 0.29) is 42.2 Å². The van der Waals surface area contributed by atoms with Crippen LogP contribution in [0.2, 0.25) is 0 Å². The first-order valence-electron chi connectivity index (χ1n) is 14.5. The van der Waals surface area contributed by atoms with Crippen LogP contribution in [0.5, 0.6) is 5.75 Å². The maximum atomic E-state index is 13.6. The van der Waals surface area contributed by atoms with Gasteiger partial charge in [-0.15, -0.1) is 0 Å². The monoisotopic (exact) mass is 568 g/mol. The number of amides is 2. The van der Waals surface area contributed by atoms with Gasteiger partial charge < -0.3 is 47.3 Å². The van der Waals surface area contributed by atoms with Crippen LogP contribution < -0.4 is 32.2 Å². The molecule has 1 spiro atoms. The summed E-state index contributed by atoms with van der Waals surface area (Å²) in [5.41, 5.74) is 11.8. The van der Waals surface area contributed by atoms with Crippen molar-refractivity contribution in [2.75, 3.05) is 19.7 Å². The Morgan fingerprint density at radius 3 is 2.68 bits per heavy atom. The summed E-state index contributed by atoms with van der Waals surface area (Å²) in [7, 11) is 0. The minimum atomic E-state index is -2.57. The number of para-hydroxylation sites is 1. The first-order valence-corrected chi connectivity index (χ1v) is 14.5. The molecule has 0 aromatic heterocycles. The molecular formula is C28H40N8O5. The van der Waals surface area contributed by atoms with Crippen molar-refractivity contribution in [1.29, 1.82) is 0 Å². The number of carbonyl (C=O) groups is 2. The molecule has 4 heterocycles. The third kappa shape index (κ3) is 4.28. The molecule has 41 heavy (non-hydrogen) atoms. The fourth-order valence-corrected chi connectivity index (χ4v) is 7.15. The van der Waals surface area contributed by atoms with Gasteiger partial charge in [0.15, 0.2) is 17.6 Å². The molecule has 4 aliphatic heterocycles. The van der Waals surface area contributed by atoms with Crippen LogP contribution in [0, 0.1) is 5.92 Å². The zero-order valence-corrected chi connectivity index (χ0v) is 23.5. The van der Waals surface area contributed by atoms with Gasteiger partial charge in [-0.25, -0.2) is 9.98 Å². The van der Waals surface area contributed by atoms with E-state index in [2.05, 4.69) is 39.8 Å². The number of benzene rings is 1. The number of ether oxygens (including phenoxy) is 1. The summed E-state index contributed by atoms with van der Waals surface area (Å²) in [6.07, 6.45) is 5.70. The Morgan fingerprint density at radius 2 is 1.93 bits per heavy atom. The number of fused-ring (bicyclic) bond motifs is 1. The van der Waals surface area contributed by atoms with Gasteiger partial charge in [0.25, 0.3) is 5.91 Å². The fourth-order valence-electron chi connectivity index (χ4n) is 7.15. The number of hydrogen-bond donors (Lipinski definition) is 7. The summed E-state index contributed by atoms with van der Waals surface area (Å²) in [5, 5.41) is 32.2. The van der Waals surface area contributed by atoms with E-state index >= 15 is 0 Å². The van der Waals surface area contributed by atoms with Gasteiger partial charge >= 0.3 is 0 Å². The van der Waals surface area contributed by atoms with Gasteiger partial charge in [-0.3, -0.25) is 9.59 Å². The highest BCUT2D eigenvalue weighted by Gasteiger charge is 2.73. The van der Waals surface area contributed by atoms with E-state index < -0.39 is 35.5 Å². The Kier molecular flexibility index (Phi) is 6.57. The summed E-state index contributed by atoms with van der Waals surface area (Å²) in [6, 6.07) is 2.60. The maximum Gasteiger partial charge on any atom is 0.255 e. The van der Waals surface area contributed by atoms with Crippen LogP contribution in [-0.2, 0) is 10.2 Å². The van der Waals surface area contributed by atoms with Gasteiger partial charge in [-0.05, 0) is 30.7 Å². The van der Waals surface area contributed by atoms with E-state index in [1.165, 1.54) is 4.90 Å². The lowest BCUT2D eigenvalue weighted by Crippen LogP contribution is -2.78. The van der Waals surface area contributed by atoms with E-state index in [4.69, 9.17) is 16.2 Å². The van der Waals surface area contributed by atoms with Gasteiger partial charge in [0.05, 0.1) is 18.2 Å². The van der Waals surface area contributed by atoms with Crippen molar-refractivity contribution in [2.24, 2.45) is 27.4 Å². The van der Waals surface area contributed by atoms with Crippen molar-refractivity contribution in [3.05, 3.63) is 29.3 Å². The molecule has 1 aromatic rings. The van der Waals surface area contributed by atoms with E-state index in [0.29, 0.717) is 17.9 Å². The molecule has 6 rings (SSSR count). The zero-order chi connectivity index (χ0) is 29.2. The van der Waals surface area contributed by atoms with E-state index in [9.17, 15) is 19.8 Å². The van der Waals surface area contributed by atoms with Crippen molar-refractivity contribution in [2.45, 2.75) is 87.4 Å². The Hall–Kier alpha value is -3.58. The summed E-state index contributed by atoms with van der Waals surface area (Å²) < 4.78 is 5.91. The number of aliphatic imine (C=N–C) groups is 2. The molecule has 0 bridgehead atoms. The minimum Gasteiger partial charge on any atom is -0.492 e. The second kappa shape index (κ2) is 9.76. The topological polar surface area (TPSA) is 200 Å². The quantitative estimate of drug-likeness (QED) is 0.223. The molecule has 222 valence electrons. The highest BCUT2D eigenvalue weighted by atomic mass is 16.5. The van der Waals surface area contributed by atoms with Crippen molar-refractivity contribution in [3.63, 3.8) is 0 Å². The van der Waals surface area contributed by atoms with E-state index in [1.807, 2.05) is 6.07 Å². The second-order valence-electron chi connectivity index (χ2n) is 12.5. The Bertz CT molecular complexity index is 1310. The van der Waals surface area contributed by atoms with Crippen LogP contribution in [-0.4, -0.2) is 88.1 Å². The van der Waals surface area contributed by atoms with Gasteiger partial charge in [-0.1, -0.05) is 45.2 Å². The van der Waals surface area contributed by atoms with Gasteiger partial charge in [-0.2, -0.15) is 0 Å². The molecule has 1 saturated heterocycles. The summed E-state index contributed by atoms with van der Waals surface area (Å²) in [6.45, 7) is 4.71. The normalized spacial score (nSPS) is 31.4. The molecule has 2 amide bonds. The number of nitrogens with zero attached hydrogens (tertiary/aromatic N) is 3. The molecule has 1 aromatic carbocycles. The lowest BCUT2D eigenvalue weighted by atomic mass is 9.79. The standard InChI is InChI=1S/C28H40N8O5/c1-26(2)11-12-41-20-16(9-6-10-17(20)26)23(38)33-19-14-36-25(30)32-18(13-31-22(37)15-7-4-3-5-8-15)21-27(36,28(19,39)40)35-24(29)34-21/h6,9-10,15,18-19,21,39-40H,3-5,7-8,11-14H2,1-2H3,(H2,30,32)(H,31,37)(H,33,38)(H3,29,34,35)/t18-,19?,21?,27?/m0/s1. The fraction of sp³-hybridized carbons (Fsp3) is 0.643. The summed E-state index contributed by atoms with van der Waals surface area (Å²) >= 11 is 0. The minimum absolute atomic E-state index is 0.0132. The third-order valence-electron chi connectivity index (χ3n) is 9.53. The molecule has 5 aliphatic rings. The maximum absolute atomic E-state index is 13.6. The highest BCUT2D eigenvalue weighted by Crippen LogP contribution is 2.45. The number of aliphatic hydroxyl groups is 2. The molecule has 1 aliphatic carbocycles. The van der Waals surface area contributed by atoms with Crippen molar-refractivity contribution >= 4 is 23.7 Å². The number of guanidine groups is 2. The Morgan fingerprint density at radius 1 is 1.17 bits per heavy atom. The predicted molar refractivity (Wildman–Crippen MR) is 151 cm³/mol. The number of nitrogens with two attached hydrogens (primary N) is 2. The van der Waals surface area contributed by atoms with Crippen LogP contribution in [0.1, 0.15) is 68.3 Å². The number of rotatable bonds is 5. The van der Waals surface area contributed by atoms with Crippen LogP contribution in [0.4, 0.5) is 0 Å². The van der Waals surface area contributed by atoms with Gasteiger partial charge in [0, 0.05) is 24.6 Å². The largest absolute Gasteiger partial charge is 0.492 e. The lowest BCUT2D eigenvalue weighted by molar-refractivity contribution is -0.230. The van der Waals surface area contributed by atoms with Gasteiger partial charge in [0.1, 0.15) is 17.8 Å². The van der Waals surface area contributed by atoms with E-state index in [1.54, 1.807) is 12.1 Å². The molecule has 13 heteroatoms.